The predicted octanol–water partition coefficient (Wildman–Crippen LogP) is 2.59. The van der Waals surface area contributed by atoms with E-state index in [-0.39, 0.29) is 5.69 Å². The van der Waals surface area contributed by atoms with Crippen LogP contribution in [0.1, 0.15) is 16.1 Å². The minimum atomic E-state index is -4.55. The molecule has 1 amide bonds. The number of carbonyl (C=O) groups is 1. The second-order valence-electron chi connectivity index (χ2n) is 5.83. The molecular weight excluding hydrogens is 392 g/mol. The van der Waals surface area contributed by atoms with Crippen LogP contribution in [0, 0.1) is 18.6 Å². The number of hydrogen-bond acceptors (Lipinski definition) is 5. The van der Waals surface area contributed by atoms with Gasteiger partial charge in [0.25, 0.3) is 15.9 Å². The van der Waals surface area contributed by atoms with Gasteiger partial charge in [0.2, 0.25) is 0 Å². The Balaban J connectivity index is 1.88. The molecule has 146 valence electrons. The van der Waals surface area contributed by atoms with Crippen LogP contribution in [0.5, 0.6) is 5.75 Å². The Bertz CT molecular complexity index is 1160. The lowest BCUT2D eigenvalue weighted by atomic mass is 10.2. The molecule has 28 heavy (non-hydrogen) atoms. The van der Waals surface area contributed by atoms with Crippen LogP contribution in [-0.4, -0.2) is 31.2 Å². The molecule has 0 saturated heterocycles. The van der Waals surface area contributed by atoms with Gasteiger partial charge in [0.05, 0.1) is 7.11 Å². The van der Waals surface area contributed by atoms with Crippen molar-refractivity contribution in [2.24, 2.45) is 0 Å². The molecule has 1 heterocycles. The van der Waals surface area contributed by atoms with E-state index in [4.69, 9.17) is 4.74 Å². The number of rotatable bonds is 5. The summed E-state index contributed by atoms with van der Waals surface area (Å²) in [5, 5.41) is 4.05. The van der Waals surface area contributed by atoms with E-state index in [1.807, 2.05) is 13.0 Å². The van der Waals surface area contributed by atoms with Crippen LogP contribution >= 0.6 is 0 Å². The Morgan fingerprint density at radius 3 is 2.57 bits per heavy atom. The van der Waals surface area contributed by atoms with Crippen LogP contribution in [-0.2, 0) is 10.0 Å². The molecule has 1 N–H and O–H groups in total. The summed E-state index contributed by atoms with van der Waals surface area (Å²) in [6.07, 6.45) is 1.46. The van der Waals surface area contributed by atoms with Gasteiger partial charge in [0, 0.05) is 12.3 Å². The lowest BCUT2D eigenvalue weighted by molar-refractivity contribution is 0.0976. The predicted molar refractivity (Wildman–Crippen MR) is 95.9 cm³/mol. The maximum Gasteiger partial charge on any atom is 0.285 e. The van der Waals surface area contributed by atoms with E-state index in [1.54, 1.807) is 16.9 Å². The van der Waals surface area contributed by atoms with Crippen molar-refractivity contribution in [1.82, 2.24) is 14.5 Å². The molecule has 3 rings (SSSR count). The van der Waals surface area contributed by atoms with Crippen LogP contribution < -0.4 is 9.46 Å². The molecule has 0 spiro atoms. The molecule has 2 aromatic carbocycles. The summed E-state index contributed by atoms with van der Waals surface area (Å²) in [5.41, 5.74) is 1.26. The number of sulfonamides is 1. The number of nitrogens with one attached hydrogen (secondary N) is 1. The molecule has 3 aromatic rings. The van der Waals surface area contributed by atoms with Crippen molar-refractivity contribution in [3.63, 3.8) is 0 Å². The van der Waals surface area contributed by atoms with Crippen LogP contribution in [0.15, 0.2) is 53.6 Å². The summed E-state index contributed by atoms with van der Waals surface area (Å²) in [7, 11) is -3.06. The van der Waals surface area contributed by atoms with Gasteiger partial charge < -0.3 is 4.74 Å². The van der Waals surface area contributed by atoms with Crippen molar-refractivity contribution in [3.8, 4) is 11.4 Å². The molecule has 10 heteroatoms. The highest BCUT2D eigenvalue weighted by molar-refractivity contribution is 7.90. The van der Waals surface area contributed by atoms with Crippen LogP contribution in [0.4, 0.5) is 8.78 Å². The first-order chi connectivity index (χ1) is 13.2. The van der Waals surface area contributed by atoms with Gasteiger partial charge in [-0.3, -0.25) is 4.79 Å². The van der Waals surface area contributed by atoms with Gasteiger partial charge in [-0.1, -0.05) is 6.07 Å². The van der Waals surface area contributed by atoms with Gasteiger partial charge in [0.15, 0.2) is 5.69 Å². The maximum atomic E-state index is 13.7. The first-order valence-electron chi connectivity index (χ1n) is 7.94. The minimum absolute atomic E-state index is 0.213. The number of amides is 1. The van der Waals surface area contributed by atoms with Gasteiger partial charge in [-0.05, 0) is 42.8 Å². The normalized spacial score (nSPS) is 11.3. The summed E-state index contributed by atoms with van der Waals surface area (Å²) in [6.45, 7) is 1.86. The Morgan fingerprint density at radius 2 is 1.89 bits per heavy atom. The Kier molecular flexibility index (Phi) is 5.14. The molecule has 0 fully saturated rings. The molecule has 0 saturated carbocycles. The van der Waals surface area contributed by atoms with Crippen molar-refractivity contribution in [2.45, 2.75) is 11.8 Å². The van der Waals surface area contributed by atoms with E-state index < -0.39 is 32.5 Å². The number of aromatic nitrogens is 2. The highest BCUT2D eigenvalue weighted by Crippen LogP contribution is 2.23. The van der Waals surface area contributed by atoms with Crippen LogP contribution in [0.2, 0.25) is 0 Å². The van der Waals surface area contributed by atoms with Crippen LogP contribution in [0.25, 0.3) is 5.69 Å². The number of aryl methyl sites for hydroxylation is 1. The van der Waals surface area contributed by atoms with E-state index in [0.29, 0.717) is 17.5 Å². The second-order valence-corrected chi connectivity index (χ2v) is 7.48. The highest BCUT2D eigenvalue weighted by Gasteiger charge is 2.24. The second kappa shape index (κ2) is 7.39. The van der Waals surface area contributed by atoms with Crippen molar-refractivity contribution >= 4 is 15.9 Å². The fraction of sp³-hybridized carbons (Fsp3) is 0.111. The molecule has 0 atom stereocenters. The third kappa shape index (κ3) is 3.86. The zero-order valence-corrected chi connectivity index (χ0v) is 15.6. The number of nitrogens with zero attached hydrogens (tertiary/aromatic N) is 2. The summed E-state index contributed by atoms with van der Waals surface area (Å²) in [6, 6.07) is 8.57. The standard InChI is InChI=1S/C18H15F2N3O4S/c1-11-3-5-16(27-2)15(9-11)23-8-7-14(21-23)18(24)22-28(25,26)17-6-4-12(19)10-13(17)20/h3-10H,1-2H3,(H,22,24). The SMILES string of the molecule is COc1ccc(C)cc1-n1ccc(C(=O)NS(=O)(=O)c2ccc(F)cc2F)n1. The van der Waals surface area contributed by atoms with Crippen molar-refractivity contribution in [1.29, 1.82) is 0 Å². The zero-order chi connectivity index (χ0) is 20.5. The molecule has 1 aromatic heterocycles. The molecule has 0 radical (unpaired) electrons. The van der Waals surface area contributed by atoms with Gasteiger partial charge in [-0.15, -0.1) is 0 Å². The maximum absolute atomic E-state index is 13.7. The number of ether oxygens (including phenoxy) is 1. The number of methoxy groups -OCH3 is 1. The smallest absolute Gasteiger partial charge is 0.285 e. The average Bonchev–Trinajstić information content (AvgIpc) is 3.11. The minimum Gasteiger partial charge on any atom is -0.494 e. The topological polar surface area (TPSA) is 90.3 Å². The summed E-state index contributed by atoms with van der Waals surface area (Å²) >= 11 is 0. The molecule has 0 aliphatic carbocycles. The molecule has 0 unspecified atom stereocenters. The van der Waals surface area contributed by atoms with E-state index >= 15 is 0 Å². The monoisotopic (exact) mass is 407 g/mol. The van der Waals surface area contributed by atoms with E-state index in [2.05, 4.69) is 5.10 Å². The van der Waals surface area contributed by atoms with E-state index in [9.17, 15) is 22.0 Å². The molecule has 0 bridgehead atoms. The van der Waals surface area contributed by atoms with E-state index in [0.717, 1.165) is 17.7 Å². The summed E-state index contributed by atoms with van der Waals surface area (Å²) in [4.78, 5) is 11.4. The number of carbonyl (C=O) groups excluding carboxylic acids is 1. The average molecular weight is 407 g/mol. The molecule has 7 nitrogen and oxygen atoms in total. The van der Waals surface area contributed by atoms with E-state index in [1.165, 1.54) is 24.1 Å². The van der Waals surface area contributed by atoms with Crippen molar-refractivity contribution in [3.05, 3.63) is 71.6 Å². The fourth-order valence-electron chi connectivity index (χ4n) is 2.48. The third-order valence-electron chi connectivity index (χ3n) is 3.81. The fourth-order valence-corrected chi connectivity index (χ4v) is 3.50. The lowest BCUT2D eigenvalue weighted by Crippen LogP contribution is -2.31. The largest absolute Gasteiger partial charge is 0.494 e. The molecule has 0 aliphatic rings. The third-order valence-corrected chi connectivity index (χ3v) is 5.18. The first-order valence-corrected chi connectivity index (χ1v) is 9.42. The van der Waals surface area contributed by atoms with Gasteiger partial charge in [0.1, 0.15) is 28.0 Å². The Morgan fingerprint density at radius 1 is 1.14 bits per heavy atom. The molecular formula is C18H15F2N3O4S. The van der Waals surface area contributed by atoms with Gasteiger partial charge in [-0.2, -0.15) is 5.10 Å². The Labute approximate surface area is 159 Å². The quantitative estimate of drug-likeness (QED) is 0.702. The summed E-state index contributed by atoms with van der Waals surface area (Å²) in [5.74, 6) is -2.81. The Hall–Kier alpha value is -3.27. The van der Waals surface area contributed by atoms with Crippen molar-refractivity contribution in [2.75, 3.05) is 7.11 Å². The first kappa shape index (κ1) is 19.5. The highest BCUT2D eigenvalue weighted by atomic mass is 32.2. The lowest BCUT2D eigenvalue weighted by Gasteiger charge is -2.09. The van der Waals surface area contributed by atoms with Crippen LogP contribution in [0.3, 0.4) is 0 Å². The van der Waals surface area contributed by atoms with Gasteiger partial charge >= 0.3 is 0 Å². The molecule has 0 aliphatic heterocycles. The number of halogens is 2. The number of hydrogen-bond donors (Lipinski definition) is 1. The zero-order valence-electron chi connectivity index (χ0n) is 14.8. The van der Waals surface area contributed by atoms with Gasteiger partial charge in [-0.25, -0.2) is 26.6 Å². The summed E-state index contributed by atoms with van der Waals surface area (Å²) < 4.78 is 59.5. The van der Waals surface area contributed by atoms with Crippen molar-refractivity contribution < 1.29 is 26.7 Å². The number of benzene rings is 2.